The lowest BCUT2D eigenvalue weighted by molar-refractivity contribution is 0.0730. The number of ether oxygens (including phenoxy) is 1. The predicted molar refractivity (Wildman–Crippen MR) is 121 cm³/mol. The molecular formula is C21H24N4O3S2. The van der Waals surface area contributed by atoms with Gasteiger partial charge in [0.25, 0.3) is 0 Å². The lowest BCUT2D eigenvalue weighted by Crippen LogP contribution is -2.40. The molecule has 0 amide bonds. The summed E-state index contributed by atoms with van der Waals surface area (Å²) >= 11 is 1.28. The number of morpholine rings is 1. The molecule has 0 spiro atoms. The van der Waals surface area contributed by atoms with Crippen molar-refractivity contribution < 1.29 is 13.2 Å². The number of thioether (sulfide) groups is 1. The highest BCUT2D eigenvalue weighted by atomic mass is 32.2. The minimum Gasteiger partial charge on any atom is -0.379 e. The van der Waals surface area contributed by atoms with Crippen LogP contribution in [-0.4, -0.2) is 67.7 Å². The molecule has 7 nitrogen and oxygen atoms in total. The molecule has 1 atom stereocenters. The zero-order valence-corrected chi connectivity index (χ0v) is 18.3. The van der Waals surface area contributed by atoms with Gasteiger partial charge in [-0.1, -0.05) is 72.4 Å². The van der Waals surface area contributed by atoms with Gasteiger partial charge in [-0.3, -0.25) is 0 Å². The standard InChI is InChI=1S/C21H24N4O3S2/c1-29-21(23-30(26,27)24-12-14-28-15-13-24)25-16-19(17-8-4-2-5-9-17)20(22-25)18-10-6-3-7-11-18/h2-11,19H,12-16H2,1H3/b23-21-. The van der Waals surface area contributed by atoms with Crippen LogP contribution < -0.4 is 0 Å². The fourth-order valence-electron chi connectivity index (χ4n) is 3.56. The topological polar surface area (TPSA) is 74.6 Å². The summed E-state index contributed by atoms with van der Waals surface area (Å²) in [5.74, 6) is 0.0250. The van der Waals surface area contributed by atoms with Crippen molar-refractivity contribution in [3.8, 4) is 0 Å². The Morgan fingerprint density at radius 1 is 1.07 bits per heavy atom. The van der Waals surface area contributed by atoms with Crippen LogP contribution in [0.5, 0.6) is 0 Å². The maximum Gasteiger partial charge on any atom is 0.324 e. The van der Waals surface area contributed by atoms with E-state index in [0.717, 1.165) is 16.8 Å². The first-order valence-corrected chi connectivity index (χ1v) is 12.4. The van der Waals surface area contributed by atoms with Crippen molar-refractivity contribution in [1.29, 1.82) is 0 Å². The van der Waals surface area contributed by atoms with Gasteiger partial charge in [0.1, 0.15) is 0 Å². The zero-order valence-electron chi connectivity index (χ0n) is 16.7. The minimum absolute atomic E-state index is 0.0250. The Balaban J connectivity index is 1.68. The Kier molecular flexibility index (Phi) is 6.52. The largest absolute Gasteiger partial charge is 0.379 e. The van der Waals surface area contributed by atoms with Crippen molar-refractivity contribution in [3.63, 3.8) is 0 Å². The normalized spacial score (nSPS) is 21.0. The third kappa shape index (κ3) is 4.59. The van der Waals surface area contributed by atoms with Crippen molar-refractivity contribution in [2.75, 3.05) is 39.1 Å². The molecule has 1 fully saturated rings. The molecule has 2 aromatic rings. The molecule has 2 aliphatic rings. The van der Waals surface area contributed by atoms with Gasteiger partial charge in [-0.15, -0.1) is 4.40 Å². The van der Waals surface area contributed by atoms with Crippen molar-refractivity contribution >= 4 is 32.9 Å². The van der Waals surface area contributed by atoms with Gasteiger partial charge < -0.3 is 4.74 Å². The Labute approximate surface area is 181 Å². The highest BCUT2D eigenvalue weighted by molar-refractivity contribution is 8.13. The molecule has 2 aliphatic heterocycles. The number of hydrogen-bond acceptors (Lipinski definition) is 5. The van der Waals surface area contributed by atoms with E-state index in [2.05, 4.69) is 16.5 Å². The molecule has 1 unspecified atom stereocenters. The molecule has 0 saturated carbocycles. The van der Waals surface area contributed by atoms with Gasteiger partial charge in [0.2, 0.25) is 0 Å². The summed E-state index contributed by atoms with van der Waals surface area (Å²) < 4.78 is 36.4. The number of hydrazone groups is 1. The first kappa shape index (κ1) is 21.0. The molecule has 1 saturated heterocycles. The number of rotatable bonds is 4. The van der Waals surface area contributed by atoms with Gasteiger partial charge in [-0.2, -0.15) is 17.8 Å². The molecule has 30 heavy (non-hydrogen) atoms. The third-order valence-corrected chi connectivity index (χ3v) is 7.28. The van der Waals surface area contributed by atoms with Gasteiger partial charge in [0, 0.05) is 19.0 Å². The quantitative estimate of drug-likeness (QED) is 0.536. The Morgan fingerprint density at radius 2 is 1.70 bits per heavy atom. The van der Waals surface area contributed by atoms with Crippen LogP contribution >= 0.6 is 11.8 Å². The number of benzene rings is 2. The van der Waals surface area contributed by atoms with Crippen molar-refractivity contribution in [2.24, 2.45) is 9.50 Å². The molecule has 9 heteroatoms. The van der Waals surface area contributed by atoms with Crippen LogP contribution in [0.1, 0.15) is 17.0 Å². The molecule has 0 aliphatic carbocycles. The molecule has 0 bridgehead atoms. The van der Waals surface area contributed by atoms with Crippen molar-refractivity contribution in [2.45, 2.75) is 5.92 Å². The Morgan fingerprint density at radius 3 is 2.33 bits per heavy atom. The van der Waals surface area contributed by atoms with Crippen molar-refractivity contribution in [3.05, 3.63) is 71.8 Å². The lowest BCUT2D eigenvalue weighted by Gasteiger charge is -2.24. The number of amidine groups is 1. The Bertz CT molecular complexity index is 1020. The van der Waals surface area contributed by atoms with Gasteiger partial charge in [-0.25, -0.2) is 5.01 Å². The predicted octanol–water partition coefficient (Wildman–Crippen LogP) is 2.79. The van der Waals surface area contributed by atoms with Crippen LogP contribution in [0.4, 0.5) is 0 Å². The summed E-state index contributed by atoms with van der Waals surface area (Å²) in [5, 5.41) is 6.89. The summed E-state index contributed by atoms with van der Waals surface area (Å²) in [6.45, 7) is 1.95. The van der Waals surface area contributed by atoms with E-state index in [-0.39, 0.29) is 5.92 Å². The van der Waals surface area contributed by atoms with E-state index in [1.54, 1.807) is 5.01 Å². The van der Waals surface area contributed by atoms with E-state index in [1.807, 2.05) is 54.8 Å². The van der Waals surface area contributed by atoms with Crippen LogP contribution in [0.3, 0.4) is 0 Å². The molecule has 0 aromatic heterocycles. The van der Waals surface area contributed by atoms with Crippen LogP contribution in [-0.2, 0) is 14.9 Å². The number of hydrogen-bond donors (Lipinski definition) is 0. The summed E-state index contributed by atoms with van der Waals surface area (Å²) in [7, 11) is -3.79. The van der Waals surface area contributed by atoms with E-state index < -0.39 is 10.2 Å². The van der Waals surface area contributed by atoms with Crippen LogP contribution in [0.25, 0.3) is 0 Å². The minimum atomic E-state index is -3.79. The van der Waals surface area contributed by atoms with Crippen molar-refractivity contribution in [1.82, 2.24) is 9.31 Å². The second-order valence-electron chi connectivity index (χ2n) is 6.96. The Hall–Kier alpha value is -2.20. The van der Waals surface area contributed by atoms with E-state index in [0.29, 0.717) is 38.0 Å². The second kappa shape index (κ2) is 9.30. The lowest BCUT2D eigenvalue weighted by atomic mass is 9.91. The average Bonchev–Trinajstić information content (AvgIpc) is 3.25. The zero-order chi connectivity index (χ0) is 21.0. The number of nitrogens with zero attached hydrogens (tertiary/aromatic N) is 4. The first-order chi connectivity index (χ1) is 14.6. The molecule has 4 rings (SSSR count). The first-order valence-electron chi connectivity index (χ1n) is 9.76. The SMILES string of the molecule is CS/C(=N\S(=O)(=O)N1CCOCC1)N1CC(c2ccccc2)C(c2ccccc2)=N1. The molecule has 0 N–H and O–H groups in total. The summed E-state index contributed by atoms with van der Waals surface area (Å²) in [4.78, 5) is 0. The molecule has 2 heterocycles. The van der Waals surface area contributed by atoms with E-state index in [4.69, 9.17) is 9.84 Å². The molecule has 158 valence electrons. The highest BCUT2D eigenvalue weighted by Crippen LogP contribution is 2.30. The fraction of sp³-hybridized carbons (Fsp3) is 0.333. The third-order valence-electron chi connectivity index (χ3n) is 5.08. The van der Waals surface area contributed by atoms with Crippen LogP contribution in [0, 0.1) is 0 Å². The van der Waals surface area contributed by atoms with Gasteiger partial charge in [-0.05, 0) is 17.4 Å². The smallest absolute Gasteiger partial charge is 0.324 e. The highest BCUT2D eigenvalue weighted by Gasteiger charge is 2.33. The maximum absolute atomic E-state index is 12.8. The van der Waals surface area contributed by atoms with E-state index >= 15 is 0 Å². The monoisotopic (exact) mass is 444 g/mol. The van der Waals surface area contributed by atoms with E-state index in [9.17, 15) is 8.42 Å². The fourth-order valence-corrected chi connectivity index (χ4v) is 5.49. The summed E-state index contributed by atoms with van der Waals surface area (Å²) in [5.41, 5.74) is 3.07. The summed E-state index contributed by atoms with van der Waals surface area (Å²) in [6, 6.07) is 20.1. The van der Waals surface area contributed by atoms with Gasteiger partial charge in [0.15, 0.2) is 5.17 Å². The summed E-state index contributed by atoms with van der Waals surface area (Å²) in [6.07, 6.45) is 1.82. The average molecular weight is 445 g/mol. The van der Waals surface area contributed by atoms with Crippen LogP contribution in [0.2, 0.25) is 0 Å². The van der Waals surface area contributed by atoms with Gasteiger partial charge >= 0.3 is 10.2 Å². The molecule has 2 aromatic carbocycles. The van der Waals surface area contributed by atoms with Crippen LogP contribution in [0.15, 0.2) is 70.2 Å². The maximum atomic E-state index is 12.8. The molecule has 0 radical (unpaired) electrons. The second-order valence-corrected chi connectivity index (χ2v) is 9.33. The van der Waals surface area contributed by atoms with E-state index in [1.165, 1.54) is 16.1 Å². The van der Waals surface area contributed by atoms with Gasteiger partial charge in [0.05, 0.1) is 25.5 Å². The molecular weight excluding hydrogens is 420 g/mol.